The summed E-state index contributed by atoms with van der Waals surface area (Å²) < 4.78 is 10.3. The van der Waals surface area contributed by atoms with E-state index in [-0.39, 0.29) is 32.5 Å². The van der Waals surface area contributed by atoms with Gasteiger partial charge in [-0.05, 0) is 24.5 Å². The Morgan fingerprint density at radius 1 is 0.972 bits per heavy atom. The van der Waals surface area contributed by atoms with Crippen molar-refractivity contribution in [3.8, 4) is 0 Å². The highest BCUT2D eigenvalue weighted by Gasteiger charge is 2.29. The molecule has 192 valence electrons. The van der Waals surface area contributed by atoms with E-state index in [1.807, 2.05) is 60.7 Å². The van der Waals surface area contributed by atoms with Crippen LogP contribution in [0.1, 0.15) is 30.9 Å². The van der Waals surface area contributed by atoms with Crippen LogP contribution in [0.5, 0.6) is 0 Å². The zero-order valence-electron chi connectivity index (χ0n) is 20.6. The highest BCUT2D eigenvalue weighted by molar-refractivity contribution is 5.87. The van der Waals surface area contributed by atoms with Crippen molar-refractivity contribution in [1.29, 1.82) is 0 Å². The minimum Gasteiger partial charge on any atom is -0.463 e. The minimum absolute atomic E-state index is 0.00355. The Hall–Kier alpha value is -4.14. The molecule has 0 saturated carbocycles. The van der Waals surface area contributed by atoms with Crippen LogP contribution in [0.2, 0.25) is 0 Å². The molecule has 0 aliphatic carbocycles. The van der Waals surface area contributed by atoms with E-state index in [2.05, 4.69) is 5.32 Å². The minimum atomic E-state index is -0.914. The zero-order chi connectivity index (χ0) is 26.3. The third kappa shape index (κ3) is 10.0. The SMILES string of the molecule is CCOC(=O)/C=C/C(CCC(N)=O)NC(=O)C(Cc1ccccc1)N(C)C(=O)OCc1ccccc1. The van der Waals surface area contributed by atoms with Crippen LogP contribution in [-0.4, -0.2) is 54.5 Å². The summed E-state index contributed by atoms with van der Waals surface area (Å²) in [5.74, 6) is -1.58. The van der Waals surface area contributed by atoms with E-state index in [0.717, 1.165) is 11.1 Å². The summed E-state index contributed by atoms with van der Waals surface area (Å²) in [6.45, 7) is 1.95. The van der Waals surface area contributed by atoms with Crippen molar-refractivity contribution < 1.29 is 28.7 Å². The highest BCUT2D eigenvalue weighted by Crippen LogP contribution is 2.12. The summed E-state index contributed by atoms with van der Waals surface area (Å²) in [5, 5.41) is 2.81. The van der Waals surface area contributed by atoms with E-state index >= 15 is 0 Å². The number of hydrogen-bond donors (Lipinski definition) is 2. The topological polar surface area (TPSA) is 128 Å². The van der Waals surface area contributed by atoms with Gasteiger partial charge < -0.3 is 20.5 Å². The van der Waals surface area contributed by atoms with Gasteiger partial charge in [-0.1, -0.05) is 66.7 Å². The van der Waals surface area contributed by atoms with Crippen molar-refractivity contribution in [1.82, 2.24) is 10.2 Å². The number of nitrogens with two attached hydrogens (primary N) is 1. The smallest absolute Gasteiger partial charge is 0.410 e. The first kappa shape index (κ1) is 28.1. The van der Waals surface area contributed by atoms with Crippen molar-refractivity contribution in [3.05, 3.63) is 83.9 Å². The van der Waals surface area contributed by atoms with Gasteiger partial charge in [0.05, 0.1) is 6.61 Å². The van der Waals surface area contributed by atoms with Crippen LogP contribution in [0.15, 0.2) is 72.8 Å². The van der Waals surface area contributed by atoms with E-state index < -0.39 is 36.0 Å². The van der Waals surface area contributed by atoms with Crippen LogP contribution in [0.4, 0.5) is 4.79 Å². The van der Waals surface area contributed by atoms with Crippen molar-refractivity contribution >= 4 is 23.9 Å². The third-order valence-corrected chi connectivity index (χ3v) is 5.32. The van der Waals surface area contributed by atoms with Gasteiger partial charge in [-0.2, -0.15) is 0 Å². The van der Waals surface area contributed by atoms with E-state index in [4.69, 9.17) is 15.2 Å². The summed E-state index contributed by atoms with van der Waals surface area (Å²) in [4.78, 5) is 50.5. The van der Waals surface area contributed by atoms with Gasteiger partial charge in [-0.25, -0.2) is 9.59 Å². The van der Waals surface area contributed by atoms with Crippen LogP contribution in [0, 0.1) is 0 Å². The number of ether oxygens (including phenoxy) is 2. The molecule has 3 amide bonds. The van der Waals surface area contributed by atoms with Crippen LogP contribution in [-0.2, 0) is 36.9 Å². The molecule has 2 rings (SSSR count). The predicted octanol–water partition coefficient (Wildman–Crippen LogP) is 2.74. The van der Waals surface area contributed by atoms with Gasteiger partial charge in [-0.15, -0.1) is 0 Å². The molecule has 0 fully saturated rings. The molecule has 2 unspecified atom stereocenters. The summed E-state index contributed by atoms with van der Waals surface area (Å²) >= 11 is 0. The number of nitrogens with one attached hydrogen (secondary N) is 1. The van der Waals surface area contributed by atoms with E-state index in [1.165, 1.54) is 24.1 Å². The monoisotopic (exact) mass is 495 g/mol. The van der Waals surface area contributed by atoms with Crippen LogP contribution < -0.4 is 11.1 Å². The summed E-state index contributed by atoms with van der Waals surface area (Å²) in [5.41, 5.74) is 6.93. The van der Waals surface area contributed by atoms with Crippen LogP contribution >= 0.6 is 0 Å². The van der Waals surface area contributed by atoms with Gasteiger partial charge >= 0.3 is 12.1 Å². The molecule has 3 N–H and O–H groups in total. The summed E-state index contributed by atoms with van der Waals surface area (Å²) in [6, 6.07) is 16.9. The second-order valence-corrected chi connectivity index (χ2v) is 8.09. The molecule has 36 heavy (non-hydrogen) atoms. The highest BCUT2D eigenvalue weighted by atomic mass is 16.6. The average Bonchev–Trinajstić information content (AvgIpc) is 2.88. The number of carbonyl (C=O) groups is 4. The number of amides is 3. The molecule has 0 bridgehead atoms. The van der Waals surface area contributed by atoms with Crippen molar-refractivity contribution in [2.45, 2.75) is 44.9 Å². The van der Waals surface area contributed by atoms with Gasteiger partial charge in [0.1, 0.15) is 12.6 Å². The van der Waals surface area contributed by atoms with E-state index in [9.17, 15) is 19.2 Å². The van der Waals surface area contributed by atoms with E-state index in [0.29, 0.717) is 0 Å². The molecule has 0 spiro atoms. The Morgan fingerprint density at radius 3 is 2.17 bits per heavy atom. The van der Waals surface area contributed by atoms with Gasteiger partial charge in [0.2, 0.25) is 11.8 Å². The maximum absolute atomic E-state index is 13.4. The number of rotatable bonds is 13. The van der Waals surface area contributed by atoms with Crippen molar-refractivity contribution in [3.63, 3.8) is 0 Å². The Balaban J connectivity index is 2.18. The normalized spacial score (nSPS) is 12.4. The van der Waals surface area contributed by atoms with Gasteiger partial charge in [-0.3, -0.25) is 14.5 Å². The quantitative estimate of drug-likeness (QED) is 0.325. The fourth-order valence-corrected chi connectivity index (χ4v) is 3.37. The zero-order valence-corrected chi connectivity index (χ0v) is 20.6. The Kier molecular flexibility index (Phi) is 11.7. The Morgan fingerprint density at radius 2 is 1.58 bits per heavy atom. The largest absolute Gasteiger partial charge is 0.463 e. The maximum atomic E-state index is 13.4. The van der Waals surface area contributed by atoms with Gasteiger partial charge in [0.25, 0.3) is 0 Å². The molecule has 2 aromatic rings. The van der Waals surface area contributed by atoms with Crippen molar-refractivity contribution in [2.24, 2.45) is 5.73 Å². The van der Waals surface area contributed by atoms with Crippen LogP contribution in [0.25, 0.3) is 0 Å². The molecule has 9 nitrogen and oxygen atoms in total. The van der Waals surface area contributed by atoms with Gasteiger partial charge in [0, 0.05) is 32.0 Å². The number of benzene rings is 2. The Bertz CT molecular complexity index is 1030. The molecular formula is C27H33N3O6. The first-order valence-corrected chi connectivity index (χ1v) is 11.7. The Labute approximate surface area is 211 Å². The standard InChI is InChI=1S/C27H33N3O6/c1-3-35-25(32)17-15-22(14-16-24(28)31)29-26(33)23(18-20-10-6-4-7-11-20)30(2)27(34)36-19-21-12-8-5-9-13-21/h4-13,15,17,22-23H,3,14,16,18-19H2,1-2H3,(H2,28,31)(H,29,33)/b17-15+. The molecule has 0 saturated heterocycles. The lowest BCUT2D eigenvalue weighted by Gasteiger charge is -2.28. The van der Waals surface area contributed by atoms with Crippen LogP contribution in [0.3, 0.4) is 0 Å². The lowest BCUT2D eigenvalue weighted by Crippen LogP contribution is -2.51. The lowest BCUT2D eigenvalue weighted by atomic mass is 10.0. The average molecular weight is 496 g/mol. The molecule has 0 aromatic heterocycles. The molecule has 0 radical (unpaired) electrons. The number of likely N-dealkylation sites (N-methyl/N-ethyl adjacent to an activating group) is 1. The molecule has 2 atom stereocenters. The third-order valence-electron chi connectivity index (χ3n) is 5.32. The summed E-state index contributed by atoms with van der Waals surface area (Å²) in [7, 11) is 1.49. The second kappa shape index (κ2) is 15.0. The molecule has 9 heteroatoms. The second-order valence-electron chi connectivity index (χ2n) is 8.09. The molecule has 0 aliphatic heterocycles. The first-order valence-electron chi connectivity index (χ1n) is 11.7. The number of nitrogens with zero attached hydrogens (tertiary/aromatic N) is 1. The van der Waals surface area contributed by atoms with E-state index in [1.54, 1.807) is 6.92 Å². The molecular weight excluding hydrogens is 462 g/mol. The predicted molar refractivity (Wildman–Crippen MR) is 134 cm³/mol. The lowest BCUT2D eigenvalue weighted by molar-refractivity contribution is -0.137. The maximum Gasteiger partial charge on any atom is 0.410 e. The van der Waals surface area contributed by atoms with Crippen molar-refractivity contribution in [2.75, 3.05) is 13.7 Å². The first-order chi connectivity index (χ1) is 17.3. The summed E-state index contributed by atoms with van der Waals surface area (Å²) in [6.07, 6.45) is 2.39. The number of hydrogen-bond acceptors (Lipinski definition) is 6. The molecule has 0 heterocycles. The molecule has 2 aromatic carbocycles. The fraction of sp³-hybridized carbons (Fsp3) is 0.333. The number of esters is 1. The number of primary amides is 1. The number of carbonyl (C=O) groups excluding carboxylic acids is 4. The van der Waals surface area contributed by atoms with Gasteiger partial charge in [0.15, 0.2) is 0 Å². The molecule has 0 aliphatic rings. The fourth-order valence-electron chi connectivity index (χ4n) is 3.37.